The van der Waals surface area contributed by atoms with Crippen molar-refractivity contribution in [2.24, 2.45) is 5.41 Å². The zero-order valence-corrected chi connectivity index (χ0v) is 12.0. The van der Waals surface area contributed by atoms with E-state index in [-0.39, 0.29) is 0 Å². The topological polar surface area (TPSA) is 15.3 Å². The van der Waals surface area contributed by atoms with Crippen molar-refractivity contribution in [3.63, 3.8) is 0 Å². The molecule has 2 nitrogen and oxygen atoms in total. The highest BCUT2D eigenvalue weighted by molar-refractivity contribution is 5.48. The molecule has 116 valence electrons. The molecule has 1 aromatic rings. The quantitative estimate of drug-likeness (QED) is 0.851. The fourth-order valence-electron chi connectivity index (χ4n) is 3.67. The first-order valence-electron chi connectivity index (χ1n) is 7.62. The Kier molecular flexibility index (Phi) is 3.86. The Labute approximate surface area is 123 Å². The van der Waals surface area contributed by atoms with Gasteiger partial charge in [-0.15, -0.1) is 0 Å². The molecule has 2 aliphatic rings. The summed E-state index contributed by atoms with van der Waals surface area (Å²) in [5.41, 5.74) is 0.643. The first-order chi connectivity index (χ1) is 9.99. The first-order valence-corrected chi connectivity index (χ1v) is 7.62. The maximum atomic E-state index is 12.6. The number of piperidine rings is 2. The molecule has 2 saturated heterocycles. The van der Waals surface area contributed by atoms with Gasteiger partial charge < -0.3 is 10.2 Å². The molecular weight excluding hydrogens is 277 g/mol. The molecule has 5 heteroatoms. The third-order valence-electron chi connectivity index (χ3n) is 4.78. The molecule has 21 heavy (non-hydrogen) atoms. The number of halogens is 3. The van der Waals surface area contributed by atoms with Crippen molar-refractivity contribution in [1.29, 1.82) is 0 Å². The Morgan fingerprint density at radius 3 is 2.38 bits per heavy atom. The molecule has 2 heterocycles. The van der Waals surface area contributed by atoms with Crippen LogP contribution < -0.4 is 10.2 Å². The maximum absolute atomic E-state index is 12.6. The number of benzene rings is 1. The van der Waals surface area contributed by atoms with Crippen LogP contribution in [0.25, 0.3) is 0 Å². The summed E-state index contributed by atoms with van der Waals surface area (Å²) in [4.78, 5) is 2.25. The lowest BCUT2D eigenvalue weighted by Crippen LogP contribution is -2.51. The number of nitrogens with zero attached hydrogens (tertiary/aromatic N) is 1. The van der Waals surface area contributed by atoms with Crippen LogP contribution in [0.3, 0.4) is 0 Å². The lowest BCUT2D eigenvalue weighted by molar-refractivity contribution is -0.137. The molecule has 1 unspecified atom stereocenters. The smallest absolute Gasteiger partial charge is 0.371 e. The van der Waals surface area contributed by atoms with Crippen LogP contribution >= 0.6 is 0 Å². The summed E-state index contributed by atoms with van der Waals surface area (Å²) in [5.74, 6) is 0. The number of nitrogens with one attached hydrogen (secondary N) is 1. The van der Waals surface area contributed by atoms with Crippen molar-refractivity contribution >= 4 is 5.69 Å². The van der Waals surface area contributed by atoms with Gasteiger partial charge in [0.15, 0.2) is 0 Å². The van der Waals surface area contributed by atoms with E-state index < -0.39 is 11.7 Å². The average molecular weight is 298 g/mol. The van der Waals surface area contributed by atoms with Gasteiger partial charge in [0.25, 0.3) is 0 Å². The number of anilines is 1. The summed E-state index contributed by atoms with van der Waals surface area (Å²) < 4.78 is 37.9. The molecule has 1 atom stereocenters. The van der Waals surface area contributed by atoms with Crippen molar-refractivity contribution in [1.82, 2.24) is 5.32 Å². The van der Waals surface area contributed by atoms with Gasteiger partial charge in [-0.25, -0.2) is 0 Å². The number of alkyl halides is 3. The summed E-state index contributed by atoms with van der Waals surface area (Å²) in [6.45, 7) is 4.00. The minimum Gasteiger partial charge on any atom is -0.371 e. The Hall–Kier alpha value is -1.23. The van der Waals surface area contributed by atoms with Gasteiger partial charge in [-0.2, -0.15) is 13.2 Å². The van der Waals surface area contributed by atoms with E-state index in [2.05, 4.69) is 10.2 Å². The molecule has 3 rings (SSSR count). The molecular formula is C16H21F3N2. The normalized spacial score (nSPS) is 27.1. The third-order valence-corrected chi connectivity index (χ3v) is 4.78. The van der Waals surface area contributed by atoms with E-state index in [1.807, 2.05) is 0 Å². The van der Waals surface area contributed by atoms with Crippen molar-refractivity contribution in [3.05, 3.63) is 29.8 Å². The van der Waals surface area contributed by atoms with Crippen LogP contribution in [0.2, 0.25) is 0 Å². The molecule has 2 fully saturated rings. The molecule has 0 amide bonds. The van der Waals surface area contributed by atoms with Gasteiger partial charge in [-0.3, -0.25) is 0 Å². The van der Waals surface area contributed by atoms with Gasteiger partial charge in [0, 0.05) is 30.7 Å². The molecule has 0 aromatic heterocycles. The van der Waals surface area contributed by atoms with Crippen LogP contribution in [0.1, 0.15) is 31.2 Å². The second-order valence-corrected chi connectivity index (χ2v) is 6.35. The van der Waals surface area contributed by atoms with E-state index in [1.165, 1.54) is 31.4 Å². The highest BCUT2D eigenvalue weighted by Gasteiger charge is 2.37. The molecule has 0 bridgehead atoms. The predicted molar refractivity (Wildman–Crippen MR) is 77.4 cm³/mol. The number of rotatable bonds is 1. The van der Waals surface area contributed by atoms with E-state index in [4.69, 9.17) is 0 Å². The second kappa shape index (κ2) is 5.52. The van der Waals surface area contributed by atoms with Crippen molar-refractivity contribution in [2.75, 3.05) is 31.1 Å². The van der Waals surface area contributed by atoms with Gasteiger partial charge in [0.1, 0.15) is 0 Å². The van der Waals surface area contributed by atoms with Crippen molar-refractivity contribution in [3.8, 4) is 0 Å². The van der Waals surface area contributed by atoms with Crippen LogP contribution in [0.4, 0.5) is 18.9 Å². The summed E-state index contributed by atoms with van der Waals surface area (Å²) in [6.07, 6.45) is 0.493. The van der Waals surface area contributed by atoms with Crippen LogP contribution in [0.5, 0.6) is 0 Å². The van der Waals surface area contributed by atoms with Gasteiger partial charge in [0.05, 0.1) is 5.56 Å². The van der Waals surface area contributed by atoms with Gasteiger partial charge in [-0.1, -0.05) is 0 Å². The average Bonchev–Trinajstić information content (AvgIpc) is 2.47. The minimum absolute atomic E-state index is 0.305. The second-order valence-electron chi connectivity index (χ2n) is 6.35. The van der Waals surface area contributed by atoms with Gasteiger partial charge in [0.2, 0.25) is 0 Å². The van der Waals surface area contributed by atoms with E-state index in [9.17, 15) is 13.2 Å². The Morgan fingerprint density at radius 1 is 1.05 bits per heavy atom. The Balaban J connectivity index is 1.74. The Morgan fingerprint density at radius 2 is 1.76 bits per heavy atom. The fraction of sp³-hybridized carbons (Fsp3) is 0.625. The molecule has 2 aliphatic heterocycles. The molecule has 0 radical (unpaired) electrons. The zero-order valence-electron chi connectivity index (χ0n) is 12.0. The van der Waals surface area contributed by atoms with Crippen LogP contribution in [-0.4, -0.2) is 26.2 Å². The summed E-state index contributed by atoms with van der Waals surface area (Å²) in [7, 11) is 0. The zero-order chi connectivity index (χ0) is 14.9. The van der Waals surface area contributed by atoms with Crippen LogP contribution in [-0.2, 0) is 6.18 Å². The van der Waals surface area contributed by atoms with Gasteiger partial charge in [-0.05, 0) is 56.5 Å². The first kappa shape index (κ1) is 14.7. The van der Waals surface area contributed by atoms with E-state index >= 15 is 0 Å². The van der Waals surface area contributed by atoms with Crippen LogP contribution in [0.15, 0.2) is 24.3 Å². The largest absolute Gasteiger partial charge is 0.416 e. The fourth-order valence-corrected chi connectivity index (χ4v) is 3.67. The van der Waals surface area contributed by atoms with E-state index in [0.29, 0.717) is 5.41 Å². The summed E-state index contributed by atoms with van der Waals surface area (Å²) >= 11 is 0. The molecule has 0 aliphatic carbocycles. The third kappa shape index (κ3) is 3.18. The van der Waals surface area contributed by atoms with E-state index in [0.717, 1.165) is 38.3 Å². The predicted octanol–water partition coefficient (Wildman–Crippen LogP) is 3.68. The SMILES string of the molecule is FC(F)(F)c1ccc(N2CCCC3(CCCNC3)C2)cc1. The maximum Gasteiger partial charge on any atom is 0.416 e. The minimum atomic E-state index is -4.26. The highest BCUT2D eigenvalue weighted by atomic mass is 19.4. The van der Waals surface area contributed by atoms with Crippen molar-refractivity contribution in [2.45, 2.75) is 31.9 Å². The molecule has 1 aromatic carbocycles. The number of hydrogen-bond acceptors (Lipinski definition) is 2. The lowest BCUT2D eigenvalue weighted by atomic mass is 9.74. The Bertz CT molecular complexity index is 470. The lowest BCUT2D eigenvalue weighted by Gasteiger charge is -2.46. The molecule has 0 saturated carbocycles. The highest BCUT2D eigenvalue weighted by Crippen LogP contribution is 2.38. The summed E-state index contributed by atoms with van der Waals surface area (Å²) in [6, 6.07) is 5.60. The monoisotopic (exact) mass is 298 g/mol. The van der Waals surface area contributed by atoms with Crippen molar-refractivity contribution < 1.29 is 13.2 Å². The van der Waals surface area contributed by atoms with E-state index in [1.54, 1.807) is 12.1 Å². The summed E-state index contributed by atoms with van der Waals surface area (Å²) in [5, 5.41) is 3.47. The van der Waals surface area contributed by atoms with Gasteiger partial charge >= 0.3 is 6.18 Å². The van der Waals surface area contributed by atoms with Crippen LogP contribution in [0, 0.1) is 5.41 Å². The molecule has 1 spiro atoms. The standard InChI is InChI=1S/C16H21F3N2/c17-16(18,19)13-3-5-14(6-4-13)21-10-2-8-15(12-21)7-1-9-20-11-15/h3-6,20H,1-2,7-12H2. The molecule has 1 N–H and O–H groups in total. The number of hydrogen-bond donors (Lipinski definition) is 1.